The summed E-state index contributed by atoms with van der Waals surface area (Å²) in [5.41, 5.74) is 1.69. The monoisotopic (exact) mass is 671 g/mol. The van der Waals surface area contributed by atoms with Gasteiger partial charge >= 0.3 is 0 Å². The number of carbonyl (C=O) groups is 1. The number of anilines is 1. The first-order chi connectivity index (χ1) is 16.2. The van der Waals surface area contributed by atoms with Crippen LogP contribution >= 0.6 is 61.7 Å². The molecule has 3 aromatic carbocycles. The van der Waals surface area contributed by atoms with Gasteiger partial charge in [-0.3, -0.25) is 14.9 Å². The molecule has 0 aliphatic rings. The van der Waals surface area contributed by atoms with E-state index in [1.807, 2.05) is 6.07 Å². The number of non-ortho nitro benzene ring substituents is 1. The predicted octanol–water partition coefficient (Wildman–Crippen LogP) is 7.39. The van der Waals surface area contributed by atoms with E-state index < -0.39 is 10.8 Å². The van der Waals surface area contributed by atoms with Crippen LogP contribution in [0.15, 0.2) is 64.6 Å². The van der Waals surface area contributed by atoms with Gasteiger partial charge in [-0.15, -0.1) is 0 Å². The van der Waals surface area contributed by atoms with Crippen LogP contribution in [0.4, 0.5) is 11.4 Å². The van der Waals surface area contributed by atoms with Gasteiger partial charge in [-0.25, -0.2) is 0 Å². The van der Waals surface area contributed by atoms with Crippen molar-refractivity contribution in [1.82, 2.24) is 0 Å². The fourth-order valence-corrected chi connectivity index (χ4v) is 4.82. The van der Waals surface area contributed by atoms with Crippen molar-refractivity contribution in [2.75, 3.05) is 5.32 Å². The lowest BCUT2D eigenvalue weighted by molar-refractivity contribution is -0.384. The van der Waals surface area contributed by atoms with E-state index in [-0.39, 0.29) is 22.9 Å². The quantitative estimate of drug-likeness (QED) is 0.0927. The number of rotatable bonds is 7. The van der Waals surface area contributed by atoms with Crippen molar-refractivity contribution in [1.29, 1.82) is 5.26 Å². The molecule has 7 nitrogen and oxygen atoms in total. The summed E-state index contributed by atoms with van der Waals surface area (Å²) >= 11 is 17.4. The Kier molecular flexibility index (Phi) is 8.90. The average molecular weight is 673 g/mol. The number of ether oxygens (including phenoxy) is 1. The Balaban J connectivity index is 1.75. The SMILES string of the molecule is N#C/C(=C\c1cc(Br)c(OCc2ccc([N+](=O)[O-])cc2)c(I)c1)C(=O)Nc1ccc(Cl)c(Cl)c1. The van der Waals surface area contributed by atoms with Crippen molar-refractivity contribution in [3.05, 3.63) is 99.5 Å². The molecule has 0 saturated heterocycles. The molecule has 3 aromatic rings. The number of amides is 1. The number of nitrogens with one attached hydrogen (secondary N) is 1. The molecule has 0 aliphatic carbocycles. The zero-order valence-electron chi connectivity index (χ0n) is 17.0. The summed E-state index contributed by atoms with van der Waals surface area (Å²) in [5, 5.41) is 23.5. The Hall–Kier alpha value is -2.65. The van der Waals surface area contributed by atoms with Crippen LogP contribution in [-0.2, 0) is 11.4 Å². The highest BCUT2D eigenvalue weighted by molar-refractivity contribution is 14.1. The van der Waals surface area contributed by atoms with E-state index in [1.165, 1.54) is 24.3 Å². The molecule has 1 amide bonds. The molecule has 0 aliphatic heterocycles. The van der Waals surface area contributed by atoms with Crippen LogP contribution in [-0.4, -0.2) is 10.8 Å². The van der Waals surface area contributed by atoms with Gasteiger partial charge in [0.2, 0.25) is 0 Å². The molecule has 11 heteroatoms. The van der Waals surface area contributed by atoms with Gasteiger partial charge in [0.25, 0.3) is 11.6 Å². The third kappa shape index (κ3) is 6.70. The van der Waals surface area contributed by atoms with Crippen LogP contribution in [0.2, 0.25) is 10.0 Å². The lowest BCUT2D eigenvalue weighted by atomic mass is 10.1. The van der Waals surface area contributed by atoms with Crippen LogP contribution in [0.5, 0.6) is 5.75 Å². The molecule has 0 heterocycles. The number of nitro groups is 1. The number of nitro benzene ring substituents is 1. The number of nitrogens with zero attached hydrogens (tertiary/aromatic N) is 2. The van der Waals surface area contributed by atoms with E-state index in [0.717, 1.165) is 9.13 Å². The van der Waals surface area contributed by atoms with Crippen molar-refractivity contribution < 1.29 is 14.5 Å². The number of carbonyl (C=O) groups excluding carboxylic acids is 1. The first kappa shape index (κ1) is 26.0. The molecule has 0 fully saturated rings. The summed E-state index contributed by atoms with van der Waals surface area (Å²) in [4.78, 5) is 22.9. The molecule has 0 radical (unpaired) electrons. The highest BCUT2D eigenvalue weighted by Gasteiger charge is 2.14. The Morgan fingerprint density at radius 2 is 1.88 bits per heavy atom. The van der Waals surface area contributed by atoms with Gasteiger partial charge in [-0.1, -0.05) is 23.2 Å². The summed E-state index contributed by atoms with van der Waals surface area (Å²) < 4.78 is 7.23. The van der Waals surface area contributed by atoms with Crippen LogP contribution in [0.25, 0.3) is 6.08 Å². The maximum absolute atomic E-state index is 12.5. The van der Waals surface area contributed by atoms with E-state index >= 15 is 0 Å². The topological polar surface area (TPSA) is 105 Å². The van der Waals surface area contributed by atoms with E-state index in [2.05, 4.69) is 43.8 Å². The van der Waals surface area contributed by atoms with E-state index in [1.54, 1.807) is 36.4 Å². The summed E-state index contributed by atoms with van der Waals surface area (Å²) in [5.74, 6) is -0.0274. The number of hydrogen-bond acceptors (Lipinski definition) is 5. The smallest absolute Gasteiger partial charge is 0.269 e. The molecular weight excluding hydrogens is 660 g/mol. The molecule has 172 valence electrons. The molecule has 1 N–H and O–H groups in total. The van der Waals surface area contributed by atoms with Crippen LogP contribution in [0.1, 0.15) is 11.1 Å². The second-order valence-corrected chi connectivity index (χ2v) is 9.61. The van der Waals surface area contributed by atoms with E-state index in [9.17, 15) is 20.2 Å². The summed E-state index contributed by atoms with van der Waals surface area (Å²) in [6.45, 7) is 0.206. The summed E-state index contributed by atoms with van der Waals surface area (Å²) in [6.07, 6.45) is 1.46. The molecule has 0 bridgehead atoms. The van der Waals surface area contributed by atoms with Gasteiger partial charge < -0.3 is 10.1 Å². The highest BCUT2D eigenvalue weighted by Crippen LogP contribution is 2.33. The zero-order chi connectivity index (χ0) is 24.8. The van der Waals surface area contributed by atoms with Crippen molar-refractivity contribution >= 4 is 85.1 Å². The highest BCUT2D eigenvalue weighted by atomic mass is 127. The molecule has 0 saturated carbocycles. The Labute approximate surface area is 226 Å². The maximum Gasteiger partial charge on any atom is 0.269 e. The van der Waals surface area contributed by atoms with Gasteiger partial charge in [0.05, 0.1) is 23.0 Å². The van der Waals surface area contributed by atoms with Gasteiger partial charge in [-0.05, 0) is 98.2 Å². The van der Waals surface area contributed by atoms with Crippen molar-refractivity contribution in [3.63, 3.8) is 0 Å². The Morgan fingerprint density at radius 1 is 1.18 bits per heavy atom. The van der Waals surface area contributed by atoms with E-state index in [4.69, 9.17) is 27.9 Å². The second kappa shape index (κ2) is 11.7. The number of hydrogen-bond donors (Lipinski definition) is 1. The number of benzene rings is 3. The third-order valence-electron chi connectivity index (χ3n) is 4.40. The van der Waals surface area contributed by atoms with Gasteiger partial charge in [0.15, 0.2) is 0 Å². The average Bonchev–Trinajstić information content (AvgIpc) is 2.79. The van der Waals surface area contributed by atoms with Crippen LogP contribution in [0.3, 0.4) is 0 Å². The largest absolute Gasteiger partial charge is 0.487 e. The Morgan fingerprint density at radius 3 is 2.47 bits per heavy atom. The lowest BCUT2D eigenvalue weighted by Gasteiger charge is -2.12. The minimum Gasteiger partial charge on any atom is -0.487 e. The first-order valence-corrected chi connectivity index (χ1v) is 12.0. The molecule has 34 heavy (non-hydrogen) atoms. The van der Waals surface area contributed by atoms with Gasteiger partial charge in [0.1, 0.15) is 24.0 Å². The summed E-state index contributed by atoms with van der Waals surface area (Å²) in [6, 6.07) is 16.1. The van der Waals surface area contributed by atoms with Crippen molar-refractivity contribution in [2.24, 2.45) is 0 Å². The van der Waals surface area contributed by atoms with Gasteiger partial charge in [-0.2, -0.15) is 5.26 Å². The number of halogens is 4. The van der Waals surface area contributed by atoms with Crippen LogP contribution in [0, 0.1) is 25.0 Å². The molecular formula is C23H13BrCl2IN3O4. The van der Waals surface area contributed by atoms with Crippen molar-refractivity contribution in [3.8, 4) is 11.8 Å². The fourth-order valence-electron chi connectivity index (χ4n) is 2.76. The minimum atomic E-state index is -0.592. The molecule has 0 unspecified atom stereocenters. The third-order valence-corrected chi connectivity index (χ3v) is 6.53. The molecule has 0 atom stereocenters. The van der Waals surface area contributed by atoms with E-state index in [0.29, 0.717) is 26.5 Å². The normalized spacial score (nSPS) is 11.0. The van der Waals surface area contributed by atoms with Crippen LogP contribution < -0.4 is 10.1 Å². The Bertz CT molecular complexity index is 1320. The summed E-state index contributed by atoms with van der Waals surface area (Å²) in [7, 11) is 0. The van der Waals surface area contributed by atoms with Gasteiger partial charge in [0, 0.05) is 17.8 Å². The number of nitriles is 1. The zero-order valence-corrected chi connectivity index (χ0v) is 22.3. The molecule has 0 aromatic heterocycles. The minimum absolute atomic E-state index is 0.00662. The fraction of sp³-hybridized carbons (Fsp3) is 0.0435. The maximum atomic E-state index is 12.5. The molecule has 3 rings (SSSR count). The predicted molar refractivity (Wildman–Crippen MR) is 143 cm³/mol. The van der Waals surface area contributed by atoms with Crippen molar-refractivity contribution in [2.45, 2.75) is 6.61 Å². The first-order valence-electron chi connectivity index (χ1n) is 9.41. The lowest BCUT2D eigenvalue weighted by Crippen LogP contribution is -2.13. The molecule has 0 spiro atoms. The standard InChI is InChI=1S/C23H13BrCl2IN3O4/c24-18-8-14(7-15(11-28)23(31)29-16-3-6-19(25)20(26)10-16)9-21(27)22(18)34-12-13-1-4-17(5-2-13)30(32)33/h1-10H,12H2,(H,29,31)/b15-7+. The second-order valence-electron chi connectivity index (χ2n) is 6.78.